The molecular formula is C12H16ClN3O2. The fourth-order valence-electron chi connectivity index (χ4n) is 1.46. The summed E-state index contributed by atoms with van der Waals surface area (Å²) in [6, 6.07) is 4.67. The Labute approximate surface area is 111 Å². The van der Waals surface area contributed by atoms with Gasteiger partial charge in [0.15, 0.2) is 0 Å². The summed E-state index contributed by atoms with van der Waals surface area (Å²) in [6.07, 6.45) is 0. The van der Waals surface area contributed by atoms with Crippen LogP contribution in [0.25, 0.3) is 0 Å². The quantitative estimate of drug-likeness (QED) is 0.805. The zero-order valence-electron chi connectivity index (χ0n) is 10.4. The van der Waals surface area contributed by atoms with Gasteiger partial charge in [0.2, 0.25) is 5.91 Å². The number of nitrogen functional groups attached to an aromatic ring is 1. The van der Waals surface area contributed by atoms with Crippen molar-refractivity contribution in [1.82, 2.24) is 10.2 Å². The molecular weight excluding hydrogens is 254 g/mol. The van der Waals surface area contributed by atoms with Crippen molar-refractivity contribution in [2.75, 3.05) is 25.9 Å². The van der Waals surface area contributed by atoms with Gasteiger partial charge in [0, 0.05) is 24.3 Å². The Kier molecular flexibility index (Phi) is 4.97. The second-order valence-corrected chi connectivity index (χ2v) is 4.28. The third kappa shape index (κ3) is 3.63. The Morgan fingerprint density at radius 3 is 2.72 bits per heavy atom. The van der Waals surface area contributed by atoms with Crippen LogP contribution in [0.15, 0.2) is 18.2 Å². The van der Waals surface area contributed by atoms with Crippen LogP contribution < -0.4 is 11.1 Å². The topological polar surface area (TPSA) is 75.4 Å². The Balaban J connectivity index is 2.80. The Hall–Kier alpha value is -1.75. The lowest BCUT2D eigenvalue weighted by atomic mass is 10.1. The zero-order valence-corrected chi connectivity index (χ0v) is 11.1. The number of carbonyl (C=O) groups is 2. The minimum atomic E-state index is -0.332. The van der Waals surface area contributed by atoms with Crippen molar-refractivity contribution in [3.8, 4) is 0 Å². The van der Waals surface area contributed by atoms with Gasteiger partial charge in [-0.3, -0.25) is 9.59 Å². The van der Waals surface area contributed by atoms with E-state index in [0.717, 1.165) is 0 Å². The van der Waals surface area contributed by atoms with E-state index in [1.54, 1.807) is 12.1 Å². The van der Waals surface area contributed by atoms with Crippen LogP contribution in [0, 0.1) is 0 Å². The first kappa shape index (κ1) is 14.3. The average molecular weight is 270 g/mol. The molecule has 0 aliphatic carbocycles. The third-order valence-corrected chi connectivity index (χ3v) is 2.58. The van der Waals surface area contributed by atoms with Crippen LogP contribution in [-0.4, -0.2) is 36.9 Å². The summed E-state index contributed by atoms with van der Waals surface area (Å²) in [7, 11) is 1.54. The first-order chi connectivity index (χ1) is 8.45. The van der Waals surface area contributed by atoms with Crippen molar-refractivity contribution in [1.29, 1.82) is 0 Å². The Bertz CT molecular complexity index is 463. The Morgan fingerprint density at radius 1 is 1.44 bits per heavy atom. The monoisotopic (exact) mass is 269 g/mol. The molecule has 18 heavy (non-hydrogen) atoms. The second kappa shape index (κ2) is 6.26. The van der Waals surface area contributed by atoms with Crippen molar-refractivity contribution in [3.05, 3.63) is 28.8 Å². The predicted octanol–water partition coefficient (Wildman–Crippen LogP) is 1.13. The van der Waals surface area contributed by atoms with Crippen molar-refractivity contribution >= 4 is 29.1 Å². The first-order valence-electron chi connectivity index (χ1n) is 5.53. The van der Waals surface area contributed by atoms with Crippen molar-refractivity contribution in [3.63, 3.8) is 0 Å². The van der Waals surface area contributed by atoms with Gasteiger partial charge in [0.05, 0.1) is 12.1 Å². The van der Waals surface area contributed by atoms with Gasteiger partial charge in [-0.1, -0.05) is 11.6 Å². The number of nitrogens with zero attached hydrogens (tertiary/aromatic N) is 1. The Morgan fingerprint density at radius 2 is 2.11 bits per heavy atom. The molecule has 1 aromatic carbocycles. The van der Waals surface area contributed by atoms with E-state index in [-0.39, 0.29) is 18.4 Å². The summed E-state index contributed by atoms with van der Waals surface area (Å²) in [4.78, 5) is 24.7. The molecule has 0 fully saturated rings. The highest BCUT2D eigenvalue weighted by molar-refractivity contribution is 6.31. The molecule has 0 aromatic heterocycles. The summed E-state index contributed by atoms with van der Waals surface area (Å²) in [5, 5.41) is 3.05. The van der Waals surface area contributed by atoms with Gasteiger partial charge in [-0.25, -0.2) is 0 Å². The van der Waals surface area contributed by atoms with Gasteiger partial charge < -0.3 is 16.0 Å². The molecule has 5 nitrogen and oxygen atoms in total. The van der Waals surface area contributed by atoms with Gasteiger partial charge >= 0.3 is 0 Å². The number of amides is 2. The molecule has 0 saturated carbocycles. The molecule has 3 N–H and O–H groups in total. The van der Waals surface area contributed by atoms with E-state index in [2.05, 4.69) is 5.32 Å². The van der Waals surface area contributed by atoms with E-state index >= 15 is 0 Å². The van der Waals surface area contributed by atoms with Gasteiger partial charge in [0.25, 0.3) is 5.91 Å². The molecule has 1 rings (SSSR count). The lowest BCUT2D eigenvalue weighted by Gasteiger charge is -2.17. The predicted molar refractivity (Wildman–Crippen MR) is 71.5 cm³/mol. The highest BCUT2D eigenvalue weighted by atomic mass is 35.5. The highest BCUT2D eigenvalue weighted by Crippen LogP contribution is 2.19. The van der Waals surface area contributed by atoms with E-state index in [0.29, 0.717) is 22.8 Å². The van der Waals surface area contributed by atoms with Gasteiger partial charge in [-0.2, -0.15) is 0 Å². The molecule has 0 saturated heterocycles. The number of benzene rings is 1. The normalized spacial score (nSPS) is 9.94. The minimum absolute atomic E-state index is 0.0153. The third-order valence-electron chi connectivity index (χ3n) is 2.35. The molecule has 98 valence electrons. The minimum Gasteiger partial charge on any atom is -0.398 e. The fourth-order valence-corrected chi connectivity index (χ4v) is 1.63. The SMILES string of the molecule is CCNC(=O)CN(C)C(=O)c1cc(Cl)ccc1N. The van der Waals surface area contributed by atoms with Gasteiger partial charge in [-0.05, 0) is 25.1 Å². The summed E-state index contributed by atoms with van der Waals surface area (Å²) < 4.78 is 0. The number of hydrogen-bond donors (Lipinski definition) is 2. The van der Waals surface area contributed by atoms with Crippen LogP contribution in [0.5, 0.6) is 0 Å². The number of nitrogens with two attached hydrogens (primary N) is 1. The highest BCUT2D eigenvalue weighted by Gasteiger charge is 2.17. The summed E-state index contributed by atoms with van der Waals surface area (Å²) >= 11 is 5.82. The number of nitrogens with one attached hydrogen (secondary N) is 1. The van der Waals surface area contributed by atoms with E-state index in [9.17, 15) is 9.59 Å². The number of hydrogen-bond acceptors (Lipinski definition) is 3. The van der Waals surface area contributed by atoms with Crippen LogP contribution in [-0.2, 0) is 4.79 Å². The molecule has 6 heteroatoms. The van der Waals surface area contributed by atoms with E-state index in [1.807, 2.05) is 6.92 Å². The number of halogens is 1. The van der Waals surface area contributed by atoms with E-state index in [4.69, 9.17) is 17.3 Å². The van der Waals surface area contributed by atoms with E-state index < -0.39 is 0 Å². The van der Waals surface area contributed by atoms with Gasteiger partial charge in [-0.15, -0.1) is 0 Å². The molecule has 0 bridgehead atoms. The largest absolute Gasteiger partial charge is 0.398 e. The van der Waals surface area contributed by atoms with Crippen LogP contribution in [0.3, 0.4) is 0 Å². The molecule has 2 amide bonds. The maximum atomic E-state index is 12.1. The smallest absolute Gasteiger partial charge is 0.256 e. The lowest BCUT2D eigenvalue weighted by molar-refractivity contribution is -0.121. The molecule has 0 spiro atoms. The molecule has 0 heterocycles. The van der Waals surface area contributed by atoms with Crippen molar-refractivity contribution in [2.45, 2.75) is 6.92 Å². The summed E-state index contributed by atoms with van der Waals surface area (Å²) in [6.45, 7) is 2.33. The van der Waals surface area contributed by atoms with E-state index in [1.165, 1.54) is 18.0 Å². The number of rotatable bonds is 4. The molecule has 0 atom stereocenters. The molecule has 1 aromatic rings. The molecule has 0 aliphatic rings. The van der Waals surface area contributed by atoms with Crippen molar-refractivity contribution in [2.24, 2.45) is 0 Å². The van der Waals surface area contributed by atoms with Crippen LogP contribution in [0.2, 0.25) is 5.02 Å². The summed E-state index contributed by atoms with van der Waals surface area (Å²) in [5.74, 6) is -0.546. The van der Waals surface area contributed by atoms with Crippen LogP contribution in [0.1, 0.15) is 17.3 Å². The maximum absolute atomic E-state index is 12.1. The van der Waals surface area contributed by atoms with Crippen LogP contribution >= 0.6 is 11.6 Å². The number of anilines is 1. The van der Waals surface area contributed by atoms with Gasteiger partial charge in [0.1, 0.15) is 0 Å². The van der Waals surface area contributed by atoms with Crippen molar-refractivity contribution < 1.29 is 9.59 Å². The molecule has 0 aliphatic heterocycles. The number of likely N-dealkylation sites (N-methyl/N-ethyl adjacent to an activating group) is 2. The molecule has 0 radical (unpaired) electrons. The molecule has 0 unspecified atom stereocenters. The first-order valence-corrected chi connectivity index (χ1v) is 5.90. The maximum Gasteiger partial charge on any atom is 0.256 e. The lowest BCUT2D eigenvalue weighted by Crippen LogP contribution is -2.38. The van der Waals surface area contributed by atoms with Crippen LogP contribution in [0.4, 0.5) is 5.69 Å². The average Bonchev–Trinajstić information content (AvgIpc) is 2.31. The fraction of sp³-hybridized carbons (Fsp3) is 0.333. The summed E-state index contributed by atoms with van der Waals surface area (Å²) in [5.41, 5.74) is 6.35. The number of carbonyl (C=O) groups excluding carboxylic acids is 2. The standard InChI is InChI=1S/C12H16ClN3O2/c1-3-15-11(17)7-16(2)12(18)9-6-8(13)4-5-10(9)14/h4-6H,3,7,14H2,1-2H3,(H,15,17). The second-order valence-electron chi connectivity index (χ2n) is 3.85. The zero-order chi connectivity index (χ0) is 13.7.